The number of rotatable bonds is 4. The number of methoxy groups -OCH3 is 1. The van der Waals surface area contributed by atoms with E-state index in [0.29, 0.717) is 35.5 Å². The maximum absolute atomic E-state index is 12.4. The summed E-state index contributed by atoms with van der Waals surface area (Å²) < 4.78 is 12.3. The van der Waals surface area contributed by atoms with Crippen molar-refractivity contribution in [3.63, 3.8) is 0 Å². The van der Waals surface area contributed by atoms with Crippen LogP contribution in [0.5, 0.6) is 11.6 Å². The zero-order valence-corrected chi connectivity index (χ0v) is 15.8. The number of halogens is 1. The first-order valence-corrected chi connectivity index (χ1v) is 9.06. The number of nitrogens with one attached hydrogen (secondary N) is 2. The third-order valence-corrected chi connectivity index (χ3v) is 4.65. The Kier molecular flexibility index (Phi) is 5.03. The smallest absolute Gasteiger partial charge is 0.320 e. The van der Waals surface area contributed by atoms with Crippen molar-refractivity contribution in [3.05, 3.63) is 59.4 Å². The maximum Gasteiger partial charge on any atom is 0.320 e. The van der Waals surface area contributed by atoms with Crippen LogP contribution in [0.1, 0.15) is 18.0 Å². The van der Waals surface area contributed by atoms with Crippen LogP contribution >= 0.6 is 11.6 Å². The van der Waals surface area contributed by atoms with Gasteiger partial charge in [-0.25, -0.2) is 14.5 Å². The molecule has 0 saturated carbocycles. The van der Waals surface area contributed by atoms with Gasteiger partial charge in [-0.2, -0.15) is 0 Å². The highest BCUT2D eigenvalue weighted by atomic mass is 35.5. The van der Waals surface area contributed by atoms with Crippen LogP contribution in [0.2, 0.25) is 5.02 Å². The summed E-state index contributed by atoms with van der Waals surface area (Å²) in [6.45, 7) is 0.487. The molecule has 1 aromatic carbocycles. The largest absolute Gasteiger partial charge is 0.492 e. The van der Waals surface area contributed by atoms with Gasteiger partial charge in [0.2, 0.25) is 5.88 Å². The number of hydrogen-bond donors (Lipinski definition) is 2. The fourth-order valence-corrected chi connectivity index (χ4v) is 3.25. The summed E-state index contributed by atoms with van der Waals surface area (Å²) >= 11 is 6.17. The van der Waals surface area contributed by atoms with E-state index < -0.39 is 0 Å². The Balaban J connectivity index is 1.42. The summed E-state index contributed by atoms with van der Waals surface area (Å²) in [5.74, 6) is 1.56. The molecule has 8 nitrogen and oxygen atoms in total. The Morgan fingerprint density at radius 1 is 1.32 bits per heavy atom. The molecule has 0 fully saturated rings. The van der Waals surface area contributed by atoms with E-state index in [9.17, 15) is 4.79 Å². The van der Waals surface area contributed by atoms with E-state index in [1.165, 1.54) is 0 Å². The van der Waals surface area contributed by atoms with E-state index in [2.05, 4.69) is 20.7 Å². The van der Waals surface area contributed by atoms with Crippen LogP contribution < -0.4 is 20.1 Å². The lowest BCUT2D eigenvalue weighted by atomic mass is 10.0. The van der Waals surface area contributed by atoms with Gasteiger partial charge in [0, 0.05) is 30.3 Å². The Labute approximate surface area is 166 Å². The molecule has 0 radical (unpaired) electrons. The molecule has 0 spiro atoms. The molecule has 0 saturated heterocycles. The summed E-state index contributed by atoms with van der Waals surface area (Å²) in [4.78, 5) is 16.6. The summed E-state index contributed by atoms with van der Waals surface area (Å²) in [6.07, 6.45) is 4.04. The summed E-state index contributed by atoms with van der Waals surface area (Å²) in [6, 6.07) is 10.2. The van der Waals surface area contributed by atoms with Crippen LogP contribution in [0.25, 0.3) is 5.69 Å². The lowest BCUT2D eigenvalue weighted by Gasteiger charge is -2.27. The summed E-state index contributed by atoms with van der Waals surface area (Å²) in [5, 5.41) is 10.6. The van der Waals surface area contributed by atoms with Crippen molar-refractivity contribution in [1.82, 2.24) is 20.1 Å². The van der Waals surface area contributed by atoms with Gasteiger partial charge in [0.05, 0.1) is 36.7 Å². The Morgan fingerprint density at radius 2 is 2.21 bits per heavy atom. The van der Waals surface area contributed by atoms with E-state index in [1.807, 2.05) is 18.2 Å². The van der Waals surface area contributed by atoms with E-state index in [-0.39, 0.29) is 12.1 Å². The normalized spacial score (nSPS) is 15.3. The Bertz CT molecular complexity index is 989. The number of carbonyl (C=O) groups is 1. The third-order valence-electron chi connectivity index (χ3n) is 4.36. The van der Waals surface area contributed by atoms with Gasteiger partial charge in [-0.1, -0.05) is 23.7 Å². The van der Waals surface area contributed by atoms with E-state index in [1.54, 1.807) is 42.4 Å². The highest BCUT2D eigenvalue weighted by molar-refractivity contribution is 6.32. The molecule has 3 aromatic rings. The zero-order valence-electron chi connectivity index (χ0n) is 15.1. The predicted octanol–water partition coefficient (Wildman–Crippen LogP) is 3.57. The third kappa shape index (κ3) is 3.72. The first-order chi connectivity index (χ1) is 13.6. The number of benzene rings is 1. The average molecular weight is 400 g/mol. The molecule has 4 rings (SSSR count). The SMILES string of the molecule is COc1ccc(-n2ccc(NC(=O)N[C@H]3CCOc4c(Cl)cccc43)n2)cn1. The van der Waals surface area contributed by atoms with Gasteiger partial charge in [0.1, 0.15) is 5.75 Å². The summed E-state index contributed by atoms with van der Waals surface area (Å²) in [5.41, 5.74) is 1.62. The van der Waals surface area contributed by atoms with Gasteiger partial charge >= 0.3 is 6.03 Å². The number of anilines is 1. The average Bonchev–Trinajstić information content (AvgIpc) is 3.17. The van der Waals surface area contributed by atoms with Crippen molar-refractivity contribution >= 4 is 23.4 Å². The Hall–Kier alpha value is -3.26. The molecule has 1 aliphatic heterocycles. The van der Waals surface area contributed by atoms with Crippen molar-refractivity contribution in [1.29, 1.82) is 0 Å². The minimum Gasteiger partial charge on any atom is -0.492 e. The fraction of sp³-hybridized carbons (Fsp3) is 0.211. The topological polar surface area (TPSA) is 90.3 Å². The number of hydrogen-bond acceptors (Lipinski definition) is 5. The molecule has 2 aromatic heterocycles. The number of pyridine rings is 1. The molecular formula is C19H18ClN5O3. The van der Waals surface area contributed by atoms with Gasteiger partial charge in [0.15, 0.2) is 5.82 Å². The second-order valence-corrected chi connectivity index (χ2v) is 6.56. The quantitative estimate of drug-likeness (QED) is 0.699. The number of fused-ring (bicyclic) bond motifs is 1. The highest BCUT2D eigenvalue weighted by Gasteiger charge is 2.24. The maximum atomic E-state index is 12.4. The molecule has 0 aliphatic carbocycles. The highest BCUT2D eigenvalue weighted by Crippen LogP contribution is 2.37. The number of ether oxygens (including phenoxy) is 2. The molecule has 2 amide bonds. The van der Waals surface area contributed by atoms with E-state index >= 15 is 0 Å². The number of amides is 2. The van der Waals surface area contributed by atoms with Crippen molar-refractivity contribution in [2.24, 2.45) is 0 Å². The van der Waals surface area contributed by atoms with Crippen LogP contribution in [-0.2, 0) is 0 Å². The number of carbonyl (C=O) groups excluding carboxylic acids is 1. The number of urea groups is 1. The molecular weight excluding hydrogens is 382 g/mol. The molecule has 1 aliphatic rings. The zero-order chi connectivity index (χ0) is 19.5. The number of aromatic nitrogens is 3. The van der Waals surface area contributed by atoms with Gasteiger partial charge in [-0.15, -0.1) is 5.10 Å². The van der Waals surface area contributed by atoms with Crippen LogP contribution in [0, 0.1) is 0 Å². The second-order valence-electron chi connectivity index (χ2n) is 6.15. The molecule has 28 heavy (non-hydrogen) atoms. The van der Waals surface area contributed by atoms with Crippen LogP contribution in [0.4, 0.5) is 10.6 Å². The monoisotopic (exact) mass is 399 g/mol. The first kappa shape index (κ1) is 18.1. The minimum atomic E-state index is -0.351. The van der Waals surface area contributed by atoms with Gasteiger partial charge in [-0.3, -0.25) is 5.32 Å². The minimum absolute atomic E-state index is 0.185. The molecule has 0 unspecified atom stereocenters. The molecule has 3 heterocycles. The number of para-hydroxylation sites is 1. The fourth-order valence-electron chi connectivity index (χ4n) is 3.01. The van der Waals surface area contributed by atoms with Crippen LogP contribution in [0.15, 0.2) is 48.8 Å². The second kappa shape index (κ2) is 7.77. The van der Waals surface area contributed by atoms with Gasteiger partial charge in [0.25, 0.3) is 0 Å². The van der Waals surface area contributed by atoms with E-state index in [4.69, 9.17) is 21.1 Å². The van der Waals surface area contributed by atoms with Gasteiger partial charge in [-0.05, 0) is 12.1 Å². The first-order valence-electron chi connectivity index (χ1n) is 8.69. The van der Waals surface area contributed by atoms with Crippen molar-refractivity contribution in [2.75, 3.05) is 19.0 Å². The number of nitrogens with zero attached hydrogens (tertiary/aromatic N) is 3. The molecule has 2 N–H and O–H groups in total. The Morgan fingerprint density at radius 3 is 3.00 bits per heavy atom. The molecule has 9 heteroatoms. The van der Waals surface area contributed by atoms with Gasteiger partial charge < -0.3 is 14.8 Å². The lowest BCUT2D eigenvalue weighted by Crippen LogP contribution is -2.35. The summed E-state index contributed by atoms with van der Waals surface area (Å²) in [7, 11) is 1.56. The van der Waals surface area contributed by atoms with E-state index in [0.717, 1.165) is 11.3 Å². The van der Waals surface area contributed by atoms with Crippen molar-refractivity contribution in [2.45, 2.75) is 12.5 Å². The van der Waals surface area contributed by atoms with Crippen molar-refractivity contribution in [3.8, 4) is 17.3 Å². The molecule has 144 valence electrons. The van der Waals surface area contributed by atoms with Crippen LogP contribution in [-0.4, -0.2) is 34.5 Å². The van der Waals surface area contributed by atoms with Crippen LogP contribution in [0.3, 0.4) is 0 Å². The standard InChI is InChI=1S/C19H18ClN5O3/c1-27-17-6-5-12(11-21-17)25-9-7-16(24-25)23-19(26)22-15-8-10-28-18-13(15)3-2-4-14(18)20/h2-7,9,11,15H,8,10H2,1H3,(H2,22,23,24,26)/t15-/m0/s1. The molecule has 0 bridgehead atoms. The van der Waals surface area contributed by atoms with Crippen molar-refractivity contribution < 1.29 is 14.3 Å². The lowest BCUT2D eigenvalue weighted by molar-refractivity contribution is 0.232. The molecule has 1 atom stereocenters. The predicted molar refractivity (Wildman–Crippen MR) is 104 cm³/mol.